The fourth-order valence-electron chi connectivity index (χ4n) is 16.2. The Morgan fingerprint density at radius 1 is 0.181 bits per heavy atom. The van der Waals surface area contributed by atoms with Crippen molar-refractivity contribution < 1.29 is 89.5 Å². The van der Waals surface area contributed by atoms with Gasteiger partial charge in [-0.1, -0.05) is 302 Å². The van der Waals surface area contributed by atoms with Gasteiger partial charge in [0, 0.05) is 0 Å². The summed E-state index contributed by atoms with van der Waals surface area (Å²) < 4.78 is 0. The first-order valence-corrected chi connectivity index (χ1v) is 48.6. The average molecular weight is 2320 g/mol. The average Bonchev–Trinajstić information content (AvgIpc) is 1.54. The zero-order valence-electron chi connectivity index (χ0n) is 63.2. The van der Waals surface area contributed by atoms with Crippen LogP contribution in [0.4, 0.5) is 0 Å². The van der Waals surface area contributed by atoms with E-state index in [1.54, 1.807) is 0 Å². The smallest absolute Gasteiger partial charge is 0.366 e. The minimum atomic E-state index is -2.52. The van der Waals surface area contributed by atoms with Crippen LogP contribution in [0.3, 0.4) is 0 Å². The molecule has 2 aliphatic rings. The van der Waals surface area contributed by atoms with Crippen molar-refractivity contribution in [2.45, 2.75) is 0 Å². The van der Waals surface area contributed by atoms with Crippen molar-refractivity contribution in [3.05, 3.63) is 485 Å². The van der Waals surface area contributed by atoms with E-state index in [-0.39, 0.29) is 89.5 Å². The molecule has 2 aliphatic heterocycles. The van der Waals surface area contributed by atoms with E-state index in [1.807, 2.05) is 24.3 Å². The zero-order chi connectivity index (χ0) is 76.3. The van der Waals surface area contributed by atoms with E-state index in [1.165, 1.54) is 118 Å². The third kappa shape index (κ3) is 19.2. The molecule has 0 amide bonds. The molecule has 16 aromatic rings. The number of rotatable bonds is 16. The van der Waals surface area contributed by atoms with Crippen LogP contribution in [0.25, 0.3) is 22.3 Å². The van der Waals surface area contributed by atoms with Gasteiger partial charge in [0.1, 0.15) is 74.1 Å². The van der Waals surface area contributed by atoms with E-state index in [9.17, 15) is 0 Å². The molecule has 0 fully saturated rings. The van der Waals surface area contributed by atoms with Crippen LogP contribution < -0.4 is 83.9 Å². The maximum Gasteiger partial charge on any atom is 1.00 e. The van der Waals surface area contributed by atoms with E-state index in [0.29, 0.717) is 0 Å². The SMILES string of the molecule is [Au+].[Au+].[Au+].[Au+].[C-]#Cc1ccc2c(c1)-c1ccc(C#[C-])cc1[Si]2(c1ccccc1)c1ccccc1.[C-]#Cc1ccc2c(c1)-c1ccc(C#[C-])cc1[Si]2(c1ccccc1)c1ccccc1.c1ccc([PH+](C[PH+](c2ccccc2)c2ccccc2)c2ccccc2)cc1.c1ccc([PH+](C[PH+](c2ccccc2)c2ccccc2)c2ccccc2)cc1. The van der Waals surface area contributed by atoms with Gasteiger partial charge in [0.05, 0.1) is 0 Å². The van der Waals surface area contributed by atoms with Gasteiger partial charge in [-0.3, -0.25) is 23.7 Å². The molecule has 0 nitrogen and oxygen atoms in total. The molecule has 16 aromatic carbocycles. The predicted molar refractivity (Wildman–Crippen MR) is 495 cm³/mol. The summed E-state index contributed by atoms with van der Waals surface area (Å²) in [7, 11) is -8.43. The van der Waals surface area contributed by atoms with Gasteiger partial charge >= 0.3 is 89.5 Å². The fourth-order valence-corrected chi connectivity index (χ4v) is 42.1. The monoisotopic (exact) mass is 2320 g/mol. The maximum absolute atomic E-state index is 7.70. The quantitative estimate of drug-likeness (QED) is 0.0391. The molecule has 572 valence electrons. The Labute approximate surface area is 755 Å². The number of hydrogen-bond donors (Lipinski definition) is 0. The van der Waals surface area contributed by atoms with Crippen LogP contribution in [0.5, 0.6) is 0 Å². The summed E-state index contributed by atoms with van der Waals surface area (Å²) in [6, 6.07) is 157. The van der Waals surface area contributed by atoms with Gasteiger partial charge in [0.15, 0.2) is 28.0 Å². The first-order chi connectivity index (χ1) is 55.4. The molecule has 10 heteroatoms. The van der Waals surface area contributed by atoms with Crippen molar-refractivity contribution in [2.75, 3.05) is 11.8 Å². The van der Waals surface area contributed by atoms with Crippen LogP contribution in [-0.2, 0) is 89.5 Å². The largest absolute Gasteiger partial charge is 1.00 e. The molecule has 0 atom stereocenters. The molecule has 0 aromatic heterocycles. The summed E-state index contributed by atoms with van der Waals surface area (Å²) in [6.07, 6.45) is 30.6. The minimum Gasteiger partial charge on any atom is -0.366 e. The van der Waals surface area contributed by atoms with Gasteiger partial charge in [-0.05, 0) is 150 Å². The summed E-state index contributed by atoms with van der Waals surface area (Å²) in [5.74, 6) is 12.7. The number of benzene rings is 16. The molecule has 0 spiro atoms. The molecular weight excluding hydrogens is 2240 g/mol. The van der Waals surface area contributed by atoms with Gasteiger partial charge in [-0.25, -0.2) is 0 Å². The molecule has 2 heterocycles. The molecule has 0 saturated carbocycles. The van der Waals surface area contributed by atoms with E-state index in [0.717, 1.165) is 22.3 Å². The Morgan fingerprint density at radius 3 is 0.543 bits per heavy atom. The molecular formula is C106H80Au4P4Si2+4. The third-order valence-electron chi connectivity index (χ3n) is 21.4. The van der Waals surface area contributed by atoms with Crippen LogP contribution in [-0.4, -0.2) is 28.0 Å². The molecule has 0 unspecified atom stereocenters. The van der Waals surface area contributed by atoms with Crippen molar-refractivity contribution in [3.8, 4) is 45.9 Å². The van der Waals surface area contributed by atoms with Gasteiger partial charge in [0.2, 0.25) is 0 Å². The molecule has 0 N–H and O–H groups in total. The van der Waals surface area contributed by atoms with Crippen LogP contribution in [0, 0.1) is 49.4 Å². The Balaban J connectivity index is 0.000000150. The van der Waals surface area contributed by atoms with E-state index in [4.69, 9.17) is 25.7 Å². The molecule has 0 saturated heterocycles. The summed E-state index contributed by atoms with van der Waals surface area (Å²) in [4.78, 5) is 0. The van der Waals surface area contributed by atoms with Crippen molar-refractivity contribution >= 4 is 132 Å². The Hall–Kier alpha value is -9.13. The van der Waals surface area contributed by atoms with Crippen molar-refractivity contribution in [2.24, 2.45) is 0 Å². The second kappa shape index (κ2) is 42.8. The number of hydrogen-bond acceptors (Lipinski definition) is 0. The van der Waals surface area contributed by atoms with E-state index < -0.39 is 47.8 Å². The number of fused-ring (bicyclic) bond motifs is 6. The van der Waals surface area contributed by atoms with Crippen LogP contribution in [0.1, 0.15) is 22.3 Å². The van der Waals surface area contributed by atoms with Crippen molar-refractivity contribution in [1.82, 2.24) is 0 Å². The second-order valence-electron chi connectivity index (χ2n) is 27.7. The Kier molecular flexibility index (Phi) is 32.4. The normalized spacial score (nSPS) is 11.7. The second-order valence-corrected chi connectivity index (χ2v) is 46.4. The van der Waals surface area contributed by atoms with E-state index in [2.05, 4.69) is 436 Å². The Bertz CT molecular complexity index is 5230. The fraction of sp³-hybridized carbons (Fsp3) is 0.0189. The molecule has 116 heavy (non-hydrogen) atoms. The summed E-state index contributed by atoms with van der Waals surface area (Å²) in [6.45, 7) is 0. The van der Waals surface area contributed by atoms with E-state index >= 15 is 0 Å². The topological polar surface area (TPSA) is 0 Å². The first kappa shape index (κ1) is 87.7. The third-order valence-corrected chi connectivity index (χ3v) is 45.0. The molecule has 0 aliphatic carbocycles. The maximum atomic E-state index is 7.70. The van der Waals surface area contributed by atoms with Gasteiger partial charge < -0.3 is 25.7 Å². The Morgan fingerprint density at radius 2 is 0.353 bits per heavy atom. The summed E-state index contributed by atoms with van der Waals surface area (Å²) in [5.41, 5.74) is 7.87. The van der Waals surface area contributed by atoms with Gasteiger partial charge in [-0.2, -0.15) is 0 Å². The molecule has 0 radical (unpaired) electrons. The van der Waals surface area contributed by atoms with Crippen molar-refractivity contribution in [1.29, 1.82) is 0 Å². The van der Waals surface area contributed by atoms with Crippen molar-refractivity contribution in [3.63, 3.8) is 0 Å². The van der Waals surface area contributed by atoms with Gasteiger partial charge in [0.25, 0.3) is 0 Å². The zero-order valence-corrected chi connectivity index (χ0v) is 77.9. The summed E-state index contributed by atoms with van der Waals surface area (Å²) >= 11 is 0. The van der Waals surface area contributed by atoms with Crippen LogP contribution in [0.2, 0.25) is 0 Å². The minimum absolute atomic E-state index is 0. The molecule has 18 rings (SSSR count). The van der Waals surface area contributed by atoms with Gasteiger partial charge in [-0.15, -0.1) is 70.8 Å². The van der Waals surface area contributed by atoms with Crippen LogP contribution in [0.15, 0.2) is 437 Å². The predicted octanol–water partition coefficient (Wildman–Crippen LogP) is 15.2. The standard InChI is InChI=1S/2C28H16Si.2C25H22P2.4Au/c2*1-3-21-16-18-27-26(19-21)25-17-15-22(4-2)20-28(25)29(27,23-11-7-5-8-12-23)24-13-9-6-10-14-24;2*1-5-13-22(14-6-1)26(23-15-7-2-8-16-23)21-27(24-17-9-3-10-18-24)25-19-11-4-12-20-25;;;;/h2*5-20H;2*1-20H,21H2;;;;/q2*-2;;;4*+1/p+4. The molecule has 0 bridgehead atoms. The first-order valence-electron chi connectivity index (χ1n) is 37.8. The van der Waals surface area contributed by atoms with Crippen LogP contribution >= 0.6 is 31.7 Å². The summed E-state index contributed by atoms with van der Waals surface area (Å²) in [5, 5.41) is 22.5.